The van der Waals surface area contributed by atoms with E-state index in [1.165, 1.54) is 10.7 Å². The molecule has 0 aromatic heterocycles. The van der Waals surface area contributed by atoms with Gasteiger partial charge < -0.3 is 5.11 Å². The van der Waals surface area contributed by atoms with Crippen LogP contribution >= 0.6 is 0 Å². The molecule has 0 aliphatic heterocycles. The highest BCUT2D eigenvalue weighted by Crippen LogP contribution is 2.28. The van der Waals surface area contributed by atoms with E-state index < -0.39 is 10.0 Å². The lowest BCUT2D eigenvalue weighted by molar-refractivity contribution is 0.263. The number of hydrogen-bond acceptors (Lipinski definition) is 3. The summed E-state index contributed by atoms with van der Waals surface area (Å²) in [7, 11) is -1.81. The van der Waals surface area contributed by atoms with E-state index in [2.05, 4.69) is 0 Å². The normalized spacial score (nSPS) is 16.6. The second kappa shape index (κ2) is 5.61. The molecule has 106 valence electrons. The van der Waals surface area contributed by atoms with Gasteiger partial charge in [-0.3, -0.25) is 0 Å². The summed E-state index contributed by atoms with van der Waals surface area (Å²) >= 11 is 0. The van der Waals surface area contributed by atoms with E-state index in [1.807, 2.05) is 6.92 Å². The van der Waals surface area contributed by atoms with Gasteiger partial charge in [-0.25, -0.2) is 12.7 Å². The number of sulfonamides is 1. The van der Waals surface area contributed by atoms with Gasteiger partial charge in [-0.05, 0) is 48.9 Å². The molecule has 0 amide bonds. The van der Waals surface area contributed by atoms with Crippen molar-refractivity contribution in [1.29, 1.82) is 0 Å². The van der Waals surface area contributed by atoms with Gasteiger partial charge in [0, 0.05) is 13.6 Å². The predicted octanol–water partition coefficient (Wildman–Crippen LogP) is 1.91. The quantitative estimate of drug-likeness (QED) is 0.898. The maximum absolute atomic E-state index is 12.4. The zero-order valence-corrected chi connectivity index (χ0v) is 12.3. The summed E-state index contributed by atoms with van der Waals surface area (Å²) in [5, 5.41) is 9.23. The summed E-state index contributed by atoms with van der Waals surface area (Å²) in [6.07, 6.45) is 3.45. The van der Waals surface area contributed by atoms with Crippen molar-refractivity contribution in [3.63, 3.8) is 0 Å². The lowest BCUT2D eigenvalue weighted by Gasteiger charge is -2.29. The Hall–Kier alpha value is -0.910. The largest absolute Gasteiger partial charge is 0.392 e. The molecule has 1 aromatic carbocycles. The van der Waals surface area contributed by atoms with E-state index in [0.717, 1.165) is 18.4 Å². The molecule has 0 atom stereocenters. The van der Waals surface area contributed by atoms with Crippen LogP contribution in [-0.2, 0) is 16.6 Å². The van der Waals surface area contributed by atoms with E-state index in [1.54, 1.807) is 25.2 Å². The van der Waals surface area contributed by atoms with Crippen LogP contribution < -0.4 is 0 Å². The molecular formula is C14H21NO3S. The number of hydrogen-bond donors (Lipinski definition) is 1. The van der Waals surface area contributed by atoms with Crippen LogP contribution in [0.3, 0.4) is 0 Å². The van der Waals surface area contributed by atoms with Crippen LogP contribution in [0.25, 0.3) is 0 Å². The average Bonchev–Trinajstić information content (AvgIpc) is 2.33. The summed E-state index contributed by atoms with van der Waals surface area (Å²) in [6, 6.07) is 4.93. The molecule has 1 saturated carbocycles. The maximum Gasteiger partial charge on any atom is 0.242 e. The fourth-order valence-electron chi connectivity index (χ4n) is 2.30. The second-order valence-electron chi connectivity index (χ2n) is 5.33. The number of aliphatic hydroxyl groups excluding tert-OH is 1. The number of benzene rings is 1. The molecule has 2 rings (SSSR count). The molecule has 1 aromatic rings. The van der Waals surface area contributed by atoms with Gasteiger partial charge in [0.2, 0.25) is 10.0 Å². The van der Waals surface area contributed by atoms with Crippen LogP contribution in [0.5, 0.6) is 0 Å². The van der Waals surface area contributed by atoms with Crippen molar-refractivity contribution in [2.45, 2.75) is 37.7 Å². The highest BCUT2D eigenvalue weighted by Gasteiger charge is 2.26. The van der Waals surface area contributed by atoms with Crippen molar-refractivity contribution in [2.24, 2.45) is 5.92 Å². The summed E-state index contributed by atoms with van der Waals surface area (Å²) in [5.74, 6) is 0.502. The van der Waals surface area contributed by atoms with Gasteiger partial charge in [0.05, 0.1) is 11.5 Å². The zero-order valence-electron chi connectivity index (χ0n) is 11.5. The van der Waals surface area contributed by atoms with Crippen molar-refractivity contribution < 1.29 is 13.5 Å². The van der Waals surface area contributed by atoms with Crippen LogP contribution in [0.1, 0.15) is 30.4 Å². The Morgan fingerprint density at radius 1 is 1.37 bits per heavy atom. The molecule has 0 heterocycles. The average molecular weight is 283 g/mol. The van der Waals surface area contributed by atoms with Crippen molar-refractivity contribution in [3.8, 4) is 0 Å². The molecule has 19 heavy (non-hydrogen) atoms. The second-order valence-corrected chi connectivity index (χ2v) is 7.37. The van der Waals surface area contributed by atoms with Crippen LogP contribution in [0.15, 0.2) is 23.1 Å². The van der Waals surface area contributed by atoms with Crippen LogP contribution in [0.4, 0.5) is 0 Å². The first-order valence-corrected chi connectivity index (χ1v) is 8.06. The molecule has 0 saturated heterocycles. The minimum Gasteiger partial charge on any atom is -0.392 e. The number of aliphatic hydroxyl groups is 1. The topological polar surface area (TPSA) is 57.6 Å². The first-order chi connectivity index (χ1) is 8.95. The highest BCUT2D eigenvalue weighted by atomic mass is 32.2. The minimum atomic E-state index is -3.44. The molecule has 0 radical (unpaired) electrons. The molecule has 0 bridgehead atoms. The Bertz CT molecular complexity index is 550. The van der Waals surface area contributed by atoms with Gasteiger partial charge in [-0.15, -0.1) is 0 Å². The van der Waals surface area contributed by atoms with E-state index in [4.69, 9.17) is 0 Å². The molecule has 1 aliphatic rings. The third kappa shape index (κ3) is 2.99. The van der Waals surface area contributed by atoms with E-state index in [9.17, 15) is 13.5 Å². The Labute approximate surface area is 115 Å². The van der Waals surface area contributed by atoms with Gasteiger partial charge in [-0.1, -0.05) is 12.5 Å². The Morgan fingerprint density at radius 3 is 2.58 bits per heavy atom. The third-order valence-electron chi connectivity index (χ3n) is 3.94. The molecule has 4 nitrogen and oxygen atoms in total. The molecule has 1 aliphatic carbocycles. The molecule has 1 fully saturated rings. The summed E-state index contributed by atoms with van der Waals surface area (Å²) in [4.78, 5) is 0.268. The fourth-order valence-corrected chi connectivity index (χ4v) is 3.59. The van der Waals surface area contributed by atoms with E-state index >= 15 is 0 Å². The zero-order chi connectivity index (χ0) is 14.0. The standard InChI is InChI=1S/C14H21NO3S/c1-11-6-7-14(8-13(11)10-16)19(17,18)15(2)9-12-4-3-5-12/h6-8,12,16H,3-5,9-10H2,1-2H3. The Kier molecular flexibility index (Phi) is 4.28. The first-order valence-electron chi connectivity index (χ1n) is 6.62. The Morgan fingerprint density at radius 2 is 2.05 bits per heavy atom. The number of rotatable bonds is 5. The van der Waals surface area contributed by atoms with Crippen LogP contribution in [-0.4, -0.2) is 31.4 Å². The maximum atomic E-state index is 12.4. The van der Waals surface area contributed by atoms with E-state index in [-0.39, 0.29) is 11.5 Å². The predicted molar refractivity (Wildman–Crippen MR) is 74.3 cm³/mol. The summed E-state index contributed by atoms with van der Waals surface area (Å²) in [5.41, 5.74) is 1.57. The Balaban J connectivity index is 2.22. The number of aryl methyl sites for hydroxylation is 1. The fraction of sp³-hybridized carbons (Fsp3) is 0.571. The third-order valence-corrected chi connectivity index (χ3v) is 5.76. The number of nitrogens with zero attached hydrogens (tertiary/aromatic N) is 1. The lowest BCUT2D eigenvalue weighted by Crippen LogP contribution is -2.34. The van der Waals surface area contributed by atoms with Gasteiger partial charge in [0.15, 0.2) is 0 Å². The summed E-state index contributed by atoms with van der Waals surface area (Å²) in [6.45, 7) is 2.31. The summed E-state index contributed by atoms with van der Waals surface area (Å²) < 4.78 is 26.3. The SMILES string of the molecule is Cc1ccc(S(=O)(=O)N(C)CC2CCC2)cc1CO. The van der Waals surface area contributed by atoms with Crippen molar-refractivity contribution in [3.05, 3.63) is 29.3 Å². The highest BCUT2D eigenvalue weighted by molar-refractivity contribution is 7.89. The lowest BCUT2D eigenvalue weighted by atomic mass is 9.86. The van der Waals surface area contributed by atoms with Crippen molar-refractivity contribution in [2.75, 3.05) is 13.6 Å². The van der Waals surface area contributed by atoms with Gasteiger partial charge in [0.25, 0.3) is 0 Å². The first kappa shape index (κ1) is 14.5. The van der Waals surface area contributed by atoms with Crippen molar-refractivity contribution in [1.82, 2.24) is 4.31 Å². The van der Waals surface area contributed by atoms with Gasteiger partial charge >= 0.3 is 0 Å². The van der Waals surface area contributed by atoms with Crippen LogP contribution in [0, 0.1) is 12.8 Å². The van der Waals surface area contributed by atoms with E-state index in [0.29, 0.717) is 18.0 Å². The van der Waals surface area contributed by atoms with Gasteiger partial charge in [-0.2, -0.15) is 0 Å². The molecular weight excluding hydrogens is 262 g/mol. The smallest absolute Gasteiger partial charge is 0.242 e. The molecule has 0 spiro atoms. The monoisotopic (exact) mass is 283 g/mol. The van der Waals surface area contributed by atoms with Crippen molar-refractivity contribution >= 4 is 10.0 Å². The molecule has 1 N–H and O–H groups in total. The molecule has 5 heteroatoms. The van der Waals surface area contributed by atoms with Gasteiger partial charge in [0.1, 0.15) is 0 Å². The van der Waals surface area contributed by atoms with Crippen LogP contribution in [0.2, 0.25) is 0 Å². The molecule has 0 unspecified atom stereocenters. The minimum absolute atomic E-state index is 0.137.